The maximum absolute atomic E-state index is 12.7. The third-order valence-electron chi connectivity index (χ3n) is 2.95. The molecule has 0 heterocycles. The van der Waals surface area contributed by atoms with E-state index in [0.29, 0.717) is 19.4 Å². The van der Waals surface area contributed by atoms with Gasteiger partial charge in [0.05, 0.1) is 6.61 Å². The lowest BCUT2D eigenvalue weighted by Gasteiger charge is -2.06. The Kier molecular flexibility index (Phi) is 4.88. The molecule has 20 heavy (non-hydrogen) atoms. The van der Waals surface area contributed by atoms with Crippen LogP contribution in [0.3, 0.4) is 0 Å². The van der Waals surface area contributed by atoms with Crippen LogP contribution < -0.4 is 4.74 Å². The summed E-state index contributed by atoms with van der Waals surface area (Å²) in [7, 11) is 0. The fourth-order valence-electron chi connectivity index (χ4n) is 1.91. The summed E-state index contributed by atoms with van der Waals surface area (Å²) in [5.41, 5.74) is 1.95. The van der Waals surface area contributed by atoms with Crippen molar-refractivity contribution in [3.8, 4) is 5.75 Å². The van der Waals surface area contributed by atoms with Crippen molar-refractivity contribution in [1.82, 2.24) is 0 Å². The Balaban J connectivity index is 1.76. The largest absolute Gasteiger partial charge is 0.493 e. The van der Waals surface area contributed by atoms with Crippen LogP contribution in [0.5, 0.6) is 5.75 Å². The molecule has 3 heteroatoms. The molecule has 0 atom stereocenters. The molecule has 2 rings (SSSR count). The molecule has 0 bridgehead atoms. The van der Waals surface area contributed by atoms with Gasteiger partial charge >= 0.3 is 0 Å². The van der Waals surface area contributed by atoms with Crippen LogP contribution in [-0.2, 0) is 11.2 Å². The first-order valence-corrected chi connectivity index (χ1v) is 6.59. The molecule has 0 saturated heterocycles. The molecule has 2 aromatic carbocycles. The number of carbonyl (C=O) groups is 1. The Hall–Kier alpha value is -2.16. The fraction of sp³-hybridized carbons (Fsp3) is 0.235. The number of hydrogen-bond acceptors (Lipinski definition) is 2. The molecular formula is C17H17FO2. The second kappa shape index (κ2) is 6.85. The highest BCUT2D eigenvalue weighted by molar-refractivity contribution is 5.80. The Bertz CT molecular complexity index is 576. The molecule has 0 aromatic heterocycles. The van der Waals surface area contributed by atoms with Crippen molar-refractivity contribution < 1.29 is 13.9 Å². The zero-order valence-electron chi connectivity index (χ0n) is 11.4. The van der Waals surface area contributed by atoms with Gasteiger partial charge in [-0.25, -0.2) is 4.39 Å². The van der Waals surface area contributed by atoms with Crippen LogP contribution in [0.4, 0.5) is 4.39 Å². The summed E-state index contributed by atoms with van der Waals surface area (Å²) in [5.74, 6) is 0.577. The highest BCUT2D eigenvalue weighted by Gasteiger charge is 2.05. The maximum atomic E-state index is 12.7. The predicted octanol–water partition coefficient (Wildman–Crippen LogP) is 3.71. The molecule has 0 fully saturated rings. The molecule has 0 aliphatic carbocycles. The molecule has 2 nitrogen and oxygen atoms in total. The van der Waals surface area contributed by atoms with Crippen molar-refractivity contribution in [3.05, 3.63) is 65.5 Å². The van der Waals surface area contributed by atoms with Crippen LogP contribution in [0, 0.1) is 12.7 Å². The van der Waals surface area contributed by atoms with E-state index in [9.17, 15) is 9.18 Å². The van der Waals surface area contributed by atoms with Crippen molar-refractivity contribution in [1.29, 1.82) is 0 Å². The van der Waals surface area contributed by atoms with Crippen molar-refractivity contribution in [2.45, 2.75) is 19.8 Å². The predicted molar refractivity (Wildman–Crippen MR) is 76.4 cm³/mol. The van der Waals surface area contributed by atoms with E-state index in [2.05, 4.69) is 0 Å². The summed E-state index contributed by atoms with van der Waals surface area (Å²) in [6, 6.07) is 13.7. The maximum Gasteiger partial charge on any atom is 0.140 e. The highest BCUT2D eigenvalue weighted by atomic mass is 19.1. The van der Waals surface area contributed by atoms with E-state index < -0.39 is 0 Å². The minimum Gasteiger partial charge on any atom is -0.493 e. The molecule has 0 saturated carbocycles. The first kappa shape index (κ1) is 14.3. The van der Waals surface area contributed by atoms with Crippen molar-refractivity contribution in [2.75, 3.05) is 6.61 Å². The molecule has 0 radical (unpaired) electrons. The summed E-state index contributed by atoms with van der Waals surface area (Å²) < 4.78 is 18.3. The molecule has 0 aliphatic rings. The van der Waals surface area contributed by atoms with Gasteiger partial charge in [0.25, 0.3) is 0 Å². The third kappa shape index (κ3) is 4.50. The summed E-state index contributed by atoms with van der Waals surface area (Å²) in [6.45, 7) is 2.36. The van der Waals surface area contributed by atoms with Crippen LogP contribution in [0.2, 0.25) is 0 Å². The SMILES string of the molecule is Cc1cccc(OCCC(=O)Cc2ccc(F)cc2)c1. The van der Waals surface area contributed by atoms with Crippen LogP contribution in [-0.4, -0.2) is 12.4 Å². The van der Waals surface area contributed by atoms with Gasteiger partial charge in [-0.2, -0.15) is 0 Å². The van der Waals surface area contributed by atoms with E-state index in [1.165, 1.54) is 12.1 Å². The topological polar surface area (TPSA) is 26.3 Å². The molecule has 0 amide bonds. The van der Waals surface area contributed by atoms with E-state index in [-0.39, 0.29) is 11.6 Å². The smallest absolute Gasteiger partial charge is 0.140 e. The van der Waals surface area contributed by atoms with Gasteiger partial charge in [0, 0.05) is 12.8 Å². The van der Waals surface area contributed by atoms with Gasteiger partial charge in [-0.05, 0) is 42.3 Å². The zero-order valence-corrected chi connectivity index (χ0v) is 11.4. The molecule has 0 aliphatic heterocycles. The monoisotopic (exact) mass is 272 g/mol. The average Bonchev–Trinajstić information content (AvgIpc) is 2.41. The van der Waals surface area contributed by atoms with Gasteiger partial charge < -0.3 is 4.74 Å². The minimum absolute atomic E-state index is 0.0873. The summed E-state index contributed by atoms with van der Waals surface area (Å²) in [4.78, 5) is 11.8. The second-order valence-corrected chi connectivity index (χ2v) is 4.76. The first-order chi connectivity index (χ1) is 9.63. The zero-order chi connectivity index (χ0) is 14.4. The Morgan fingerprint density at radius 2 is 1.90 bits per heavy atom. The van der Waals surface area contributed by atoms with Crippen molar-refractivity contribution in [3.63, 3.8) is 0 Å². The van der Waals surface area contributed by atoms with Gasteiger partial charge in [-0.3, -0.25) is 4.79 Å². The summed E-state index contributed by atoms with van der Waals surface area (Å²) in [6.07, 6.45) is 0.669. The highest BCUT2D eigenvalue weighted by Crippen LogP contribution is 2.12. The number of ether oxygens (including phenoxy) is 1. The van der Waals surface area contributed by atoms with Crippen molar-refractivity contribution in [2.24, 2.45) is 0 Å². The number of hydrogen-bond donors (Lipinski definition) is 0. The average molecular weight is 272 g/mol. The lowest BCUT2D eigenvalue weighted by Crippen LogP contribution is -2.09. The summed E-state index contributed by atoms with van der Waals surface area (Å²) in [5, 5.41) is 0. The fourth-order valence-corrected chi connectivity index (χ4v) is 1.91. The molecule has 0 spiro atoms. The Morgan fingerprint density at radius 3 is 2.60 bits per heavy atom. The van der Waals surface area contributed by atoms with Gasteiger partial charge in [0.1, 0.15) is 17.3 Å². The lowest BCUT2D eigenvalue weighted by molar-refractivity contribution is -0.118. The van der Waals surface area contributed by atoms with E-state index in [1.807, 2.05) is 31.2 Å². The van der Waals surface area contributed by atoms with Gasteiger partial charge in [-0.15, -0.1) is 0 Å². The normalized spacial score (nSPS) is 10.3. The lowest BCUT2D eigenvalue weighted by atomic mass is 10.1. The Morgan fingerprint density at radius 1 is 1.15 bits per heavy atom. The third-order valence-corrected chi connectivity index (χ3v) is 2.95. The van der Waals surface area contributed by atoms with Crippen molar-refractivity contribution >= 4 is 5.78 Å². The van der Waals surface area contributed by atoms with E-state index in [0.717, 1.165) is 16.9 Å². The number of carbonyl (C=O) groups excluding carboxylic acids is 1. The van der Waals surface area contributed by atoms with Crippen LogP contribution >= 0.6 is 0 Å². The first-order valence-electron chi connectivity index (χ1n) is 6.59. The number of Topliss-reactive ketones (excluding diaryl/α,β-unsaturated/α-hetero) is 1. The van der Waals surface area contributed by atoms with Gasteiger partial charge in [0.15, 0.2) is 0 Å². The quantitative estimate of drug-likeness (QED) is 0.801. The minimum atomic E-state index is -0.288. The number of halogens is 1. The number of ketones is 1. The molecule has 0 unspecified atom stereocenters. The summed E-state index contributed by atoms with van der Waals surface area (Å²) >= 11 is 0. The number of aryl methyl sites for hydroxylation is 1. The second-order valence-electron chi connectivity index (χ2n) is 4.76. The van der Waals surface area contributed by atoms with Gasteiger partial charge in [-0.1, -0.05) is 24.3 Å². The van der Waals surface area contributed by atoms with Crippen LogP contribution in [0.15, 0.2) is 48.5 Å². The van der Waals surface area contributed by atoms with E-state index in [1.54, 1.807) is 12.1 Å². The van der Waals surface area contributed by atoms with E-state index >= 15 is 0 Å². The number of rotatable bonds is 6. The Labute approximate surface area is 118 Å². The molecule has 0 N–H and O–H groups in total. The van der Waals surface area contributed by atoms with Gasteiger partial charge in [0.2, 0.25) is 0 Å². The molecule has 104 valence electrons. The molecule has 2 aromatic rings. The standard InChI is InChI=1S/C17H17FO2/c1-13-3-2-4-17(11-13)20-10-9-16(19)12-14-5-7-15(18)8-6-14/h2-8,11H,9-10,12H2,1H3. The van der Waals surface area contributed by atoms with E-state index in [4.69, 9.17) is 4.74 Å². The van der Waals surface area contributed by atoms with Crippen LogP contribution in [0.1, 0.15) is 17.5 Å². The number of benzene rings is 2. The molecular weight excluding hydrogens is 255 g/mol. The van der Waals surface area contributed by atoms with Crippen LogP contribution in [0.25, 0.3) is 0 Å².